The van der Waals surface area contributed by atoms with Crippen LogP contribution >= 0.6 is 23.2 Å². The molecule has 0 saturated carbocycles. The first-order chi connectivity index (χ1) is 10.9. The lowest BCUT2D eigenvalue weighted by Gasteiger charge is -2.34. The predicted octanol–water partition coefficient (Wildman–Crippen LogP) is 4.73. The maximum atomic E-state index is 12.7. The number of benzene rings is 1. The van der Waals surface area contributed by atoms with E-state index in [1.54, 1.807) is 18.2 Å². The third kappa shape index (κ3) is 2.78. The summed E-state index contributed by atoms with van der Waals surface area (Å²) >= 11 is 12.4. The summed E-state index contributed by atoms with van der Waals surface area (Å²) in [5, 5.41) is 13.9. The number of carbonyl (C=O) groups excluding carboxylic acids is 1. The Kier molecular flexibility index (Phi) is 4.23. The second-order valence-electron chi connectivity index (χ2n) is 6.20. The van der Waals surface area contributed by atoms with Crippen molar-refractivity contribution in [1.82, 2.24) is 5.32 Å². The summed E-state index contributed by atoms with van der Waals surface area (Å²) in [4.78, 5) is 12.7. The molecule has 0 amide bonds. The Hall–Kier alpha value is -1.76. The lowest BCUT2D eigenvalue weighted by atomic mass is 9.73. The third-order valence-corrected chi connectivity index (χ3v) is 4.99. The number of allylic oxidation sites excluding steroid dienone is 4. The lowest BCUT2D eigenvalue weighted by molar-refractivity contribution is -0.117. The highest BCUT2D eigenvalue weighted by Crippen LogP contribution is 2.45. The van der Waals surface area contributed by atoms with Gasteiger partial charge in [-0.05, 0) is 37.0 Å². The zero-order valence-corrected chi connectivity index (χ0v) is 14.4. The molecule has 0 saturated heterocycles. The van der Waals surface area contributed by atoms with Gasteiger partial charge < -0.3 is 5.32 Å². The molecule has 0 fully saturated rings. The molecule has 2 unspecified atom stereocenters. The Bertz CT molecular complexity index is 802. The lowest BCUT2D eigenvalue weighted by Crippen LogP contribution is -2.33. The van der Waals surface area contributed by atoms with E-state index >= 15 is 0 Å². The second-order valence-corrected chi connectivity index (χ2v) is 7.05. The minimum absolute atomic E-state index is 0.0857. The minimum atomic E-state index is -0.416. The number of dihydropyridines is 1. The van der Waals surface area contributed by atoms with Gasteiger partial charge in [0.1, 0.15) is 0 Å². The van der Waals surface area contributed by atoms with Crippen LogP contribution in [0.15, 0.2) is 40.7 Å². The first kappa shape index (κ1) is 16.1. The molecule has 2 aliphatic rings. The Labute approximate surface area is 145 Å². The van der Waals surface area contributed by atoms with Gasteiger partial charge >= 0.3 is 0 Å². The summed E-state index contributed by atoms with van der Waals surface area (Å²) in [6, 6.07) is 7.45. The average molecular weight is 347 g/mol. The van der Waals surface area contributed by atoms with Crippen molar-refractivity contribution in [3.63, 3.8) is 0 Å². The molecule has 1 heterocycles. The molecule has 0 spiro atoms. The number of hydrogen-bond acceptors (Lipinski definition) is 3. The molecule has 0 bridgehead atoms. The molecule has 0 aromatic heterocycles. The van der Waals surface area contributed by atoms with Gasteiger partial charge in [-0.3, -0.25) is 4.79 Å². The molecular formula is C18H16Cl2N2O. The normalized spacial score (nSPS) is 24.2. The largest absolute Gasteiger partial charge is 0.361 e. The van der Waals surface area contributed by atoms with Crippen molar-refractivity contribution >= 4 is 29.0 Å². The molecule has 1 aromatic carbocycles. The van der Waals surface area contributed by atoms with Crippen LogP contribution in [0.4, 0.5) is 0 Å². The van der Waals surface area contributed by atoms with E-state index in [4.69, 9.17) is 23.2 Å². The zero-order valence-electron chi connectivity index (χ0n) is 12.9. The molecule has 3 nitrogen and oxygen atoms in total. The van der Waals surface area contributed by atoms with Gasteiger partial charge in [0.25, 0.3) is 0 Å². The van der Waals surface area contributed by atoms with Crippen LogP contribution in [0.5, 0.6) is 0 Å². The summed E-state index contributed by atoms with van der Waals surface area (Å²) < 4.78 is 0. The summed E-state index contributed by atoms with van der Waals surface area (Å²) in [6.07, 6.45) is 1.30. The van der Waals surface area contributed by atoms with E-state index in [2.05, 4.69) is 18.3 Å². The number of halogens is 2. The zero-order chi connectivity index (χ0) is 16.7. The highest BCUT2D eigenvalue weighted by molar-refractivity contribution is 6.35. The number of ketones is 1. The Balaban J connectivity index is 2.22. The molecule has 1 N–H and O–H groups in total. The van der Waals surface area contributed by atoms with E-state index in [1.165, 1.54) is 0 Å². The SMILES string of the molecule is CC1=C(C#N)C(c2ccc(Cl)cc2Cl)C2=C(CC(C)CC2=O)N1. The van der Waals surface area contributed by atoms with Crippen LogP contribution in [0.1, 0.15) is 38.2 Å². The highest BCUT2D eigenvalue weighted by atomic mass is 35.5. The molecule has 1 aliphatic heterocycles. The van der Waals surface area contributed by atoms with E-state index in [0.717, 1.165) is 23.4 Å². The molecular weight excluding hydrogens is 331 g/mol. The van der Waals surface area contributed by atoms with Crippen LogP contribution in [-0.2, 0) is 4.79 Å². The third-order valence-electron chi connectivity index (χ3n) is 4.43. The van der Waals surface area contributed by atoms with Gasteiger partial charge in [0.2, 0.25) is 0 Å². The average Bonchev–Trinajstić information content (AvgIpc) is 2.45. The van der Waals surface area contributed by atoms with Gasteiger partial charge in [-0.2, -0.15) is 5.26 Å². The van der Waals surface area contributed by atoms with E-state index in [9.17, 15) is 10.1 Å². The monoisotopic (exact) mass is 346 g/mol. The van der Waals surface area contributed by atoms with Gasteiger partial charge in [-0.15, -0.1) is 0 Å². The topological polar surface area (TPSA) is 52.9 Å². The van der Waals surface area contributed by atoms with Crippen molar-refractivity contribution in [2.24, 2.45) is 5.92 Å². The van der Waals surface area contributed by atoms with Crippen molar-refractivity contribution < 1.29 is 4.79 Å². The first-order valence-electron chi connectivity index (χ1n) is 7.51. The van der Waals surface area contributed by atoms with Crippen LogP contribution in [0.2, 0.25) is 10.0 Å². The van der Waals surface area contributed by atoms with Crippen LogP contribution in [0.25, 0.3) is 0 Å². The number of nitrogens with one attached hydrogen (secondary N) is 1. The number of hydrogen-bond donors (Lipinski definition) is 1. The number of rotatable bonds is 1. The maximum absolute atomic E-state index is 12.7. The Morgan fingerprint density at radius 3 is 2.70 bits per heavy atom. The summed E-state index contributed by atoms with van der Waals surface area (Å²) in [6.45, 7) is 3.93. The number of nitrogens with zero attached hydrogens (tertiary/aromatic N) is 1. The van der Waals surface area contributed by atoms with Crippen LogP contribution in [0.3, 0.4) is 0 Å². The molecule has 0 radical (unpaired) electrons. The van der Waals surface area contributed by atoms with Crippen LogP contribution < -0.4 is 5.32 Å². The molecule has 118 valence electrons. The van der Waals surface area contributed by atoms with E-state index in [0.29, 0.717) is 33.5 Å². The summed E-state index contributed by atoms with van der Waals surface area (Å²) in [5.41, 5.74) is 3.67. The van der Waals surface area contributed by atoms with E-state index in [1.807, 2.05) is 6.92 Å². The fourth-order valence-corrected chi connectivity index (χ4v) is 3.95. The quantitative estimate of drug-likeness (QED) is 0.799. The fourth-order valence-electron chi connectivity index (χ4n) is 3.43. The predicted molar refractivity (Wildman–Crippen MR) is 91.1 cm³/mol. The molecule has 1 aliphatic carbocycles. The molecule has 1 aromatic rings. The van der Waals surface area contributed by atoms with Crippen molar-refractivity contribution in [3.05, 3.63) is 56.3 Å². The summed E-state index contributed by atoms with van der Waals surface area (Å²) in [7, 11) is 0. The fraction of sp³-hybridized carbons (Fsp3) is 0.333. The maximum Gasteiger partial charge on any atom is 0.161 e. The van der Waals surface area contributed by atoms with Gasteiger partial charge in [-0.1, -0.05) is 36.2 Å². The highest BCUT2D eigenvalue weighted by Gasteiger charge is 2.38. The van der Waals surface area contributed by atoms with E-state index < -0.39 is 5.92 Å². The smallest absolute Gasteiger partial charge is 0.161 e. The van der Waals surface area contributed by atoms with Gasteiger partial charge in [0.05, 0.1) is 17.6 Å². The molecule has 3 rings (SSSR count). The van der Waals surface area contributed by atoms with Gasteiger partial charge in [-0.25, -0.2) is 0 Å². The first-order valence-corrected chi connectivity index (χ1v) is 8.27. The minimum Gasteiger partial charge on any atom is -0.361 e. The van der Waals surface area contributed by atoms with Gasteiger partial charge in [0.15, 0.2) is 5.78 Å². The molecule has 2 atom stereocenters. The summed E-state index contributed by atoms with van der Waals surface area (Å²) in [5.74, 6) is -0.0324. The standard InChI is InChI=1S/C18H16Cl2N2O/c1-9-5-15-18(16(23)6-9)17(13(8-21)10(2)22-15)12-4-3-11(19)7-14(12)20/h3-4,7,9,17,22H,5-6H2,1-2H3. The number of Topliss-reactive ketones (excluding diaryl/α,β-unsaturated/α-hetero) is 1. The van der Waals surface area contributed by atoms with Crippen molar-refractivity contribution in [2.75, 3.05) is 0 Å². The van der Waals surface area contributed by atoms with Crippen molar-refractivity contribution in [1.29, 1.82) is 5.26 Å². The van der Waals surface area contributed by atoms with E-state index in [-0.39, 0.29) is 5.78 Å². The number of nitriles is 1. The Morgan fingerprint density at radius 1 is 1.30 bits per heavy atom. The molecule has 5 heteroatoms. The molecule has 23 heavy (non-hydrogen) atoms. The second kappa shape index (κ2) is 6.03. The van der Waals surface area contributed by atoms with Crippen LogP contribution in [0, 0.1) is 17.2 Å². The van der Waals surface area contributed by atoms with Crippen molar-refractivity contribution in [3.8, 4) is 6.07 Å². The van der Waals surface area contributed by atoms with Crippen LogP contribution in [-0.4, -0.2) is 5.78 Å². The number of carbonyl (C=O) groups is 1. The van der Waals surface area contributed by atoms with Gasteiger partial charge in [0, 0.05) is 33.4 Å². The Morgan fingerprint density at radius 2 is 2.04 bits per heavy atom. The van der Waals surface area contributed by atoms with Crippen molar-refractivity contribution in [2.45, 2.75) is 32.6 Å².